The van der Waals surface area contributed by atoms with Crippen LogP contribution in [0, 0.1) is 0 Å². The van der Waals surface area contributed by atoms with Crippen molar-refractivity contribution in [2.75, 3.05) is 12.3 Å². The third-order valence-electron chi connectivity index (χ3n) is 2.43. The minimum Gasteiger partial charge on any atom is -0.310 e. The summed E-state index contributed by atoms with van der Waals surface area (Å²) in [6.45, 7) is 7.55. The van der Waals surface area contributed by atoms with E-state index in [-0.39, 0.29) is 0 Å². The van der Waals surface area contributed by atoms with Gasteiger partial charge in [-0.2, -0.15) is 0 Å². The highest BCUT2D eigenvalue weighted by atomic mass is 79.9. The molecule has 0 saturated heterocycles. The average Bonchev–Trinajstić information content (AvgIpc) is 2.27. The third kappa shape index (κ3) is 4.11. The molecule has 0 heterocycles. The van der Waals surface area contributed by atoms with Crippen molar-refractivity contribution in [2.24, 2.45) is 0 Å². The summed E-state index contributed by atoms with van der Waals surface area (Å²) in [5, 5.41) is 3.42. The molecule has 0 fully saturated rings. The summed E-state index contributed by atoms with van der Waals surface area (Å²) in [4.78, 5) is 1.34. The van der Waals surface area contributed by atoms with E-state index in [9.17, 15) is 0 Å². The molecule has 90 valence electrons. The molecule has 1 nitrogen and oxygen atoms in total. The van der Waals surface area contributed by atoms with E-state index in [4.69, 9.17) is 0 Å². The molecular formula is C13H20BrNS. The van der Waals surface area contributed by atoms with Crippen molar-refractivity contribution in [3.63, 3.8) is 0 Å². The largest absolute Gasteiger partial charge is 0.310 e. The molecule has 0 aliphatic carbocycles. The molecule has 0 saturated carbocycles. The number of halogens is 1. The Morgan fingerprint density at radius 2 is 2.12 bits per heavy atom. The normalized spacial score (nSPS) is 12.8. The molecule has 1 unspecified atom stereocenters. The molecule has 1 rings (SSSR count). The van der Waals surface area contributed by atoms with E-state index in [1.807, 2.05) is 11.8 Å². The van der Waals surface area contributed by atoms with Gasteiger partial charge < -0.3 is 5.32 Å². The van der Waals surface area contributed by atoms with Crippen LogP contribution in [-0.2, 0) is 0 Å². The van der Waals surface area contributed by atoms with Gasteiger partial charge >= 0.3 is 0 Å². The van der Waals surface area contributed by atoms with Gasteiger partial charge in [0.05, 0.1) is 0 Å². The van der Waals surface area contributed by atoms with Crippen molar-refractivity contribution in [3.8, 4) is 0 Å². The third-order valence-corrected chi connectivity index (χ3v) is 4.63. The number of hydrogen-bond donors (Lipinski definition) is 1. The fourth-order valence-electron chi connectivity index (χ4n) is 1.54. The van der Waals surface area contributed by atoms with Crippen LogP contribution in [0.5, 0.6) is 0 Å². The molecule has 0 bridgehead atoms. The summed E-state index contributed by atoms with van der Waals surface area (Å²) in [5.74, 6) is 1.18. The van der Waals surface area contributed by atoms with Crippen LogP contribution in [0.15, 0.2) is 27.6 Å². The lowest BCUT2D eigenvalue weighted by Crippen LogP contribution is -2.17. The fraction of sp³-hybridized carbons (Fsp3) is 0.538. The van der Waals surface area contributed by atoms with Gasteiger partial charge in [0.1, 0.15) is 0 Å². The van der Waals surface area contributed by atoms with Gasteiger partial charge in [-0.1, -0.05) is 19.9 Å². The lowest BCUT2D eigenvalue weighted by molar-refractivity contribution is 0.597. The first-order valence-electron chi connectivity index (χ1n) is 5.84. The SMILES string of the molecule is CCCSc1ccc(C(C)NCC)cc1Br. The topological polar surface area (TPSA) is 12.0 Å². The van der Waals surface area contributed by atoms with Crippen molar-refractivity contribution < 1.29 is 0 Å². The van der Waals surface area contributed by atoms with Gasteiger partial charge in [0, 0.05) is 15.4 Å². The number of hydrogen-bond acceptors (Lipinski definition) is 2. The molecule has 1 aromatic rings. The highest BCUT2D eigenvalue weighted by molar-refractivity contribution is 9.10. The lowest BCUT2D eigenvalue weighted by atomic mass is 10.1. The predicted octanol–water partition coefficient (Wildman–Crippen LogP) is 4.62. The Hall–Kier alpha value is 0.01000. The van der Waals surface area contributed by atoms with Crippen LogP contribution in [0.25, 0.3) is 0 Å². The van der Waals surface area contributed by atoms with Crippen LogP contribution in [-0.4, -0.2) is 12.3 Å². The van der Waals surface area contributed by atoms with Crippen LogP contribution in [0.3, 0.4) is 0 Å². The Balaban J connectivity index is 2.73. The highest BCUT2D eigenvalue weighted by Gasteiger charge is 2.06. The van der Waals surface area contributed by atoms with E-state index in [0.29, 0.717) is 6.04 Å². The van der Waals surface area contributed by atoms with Gasteiger partial charge in [0.25, 0.3) is 0 Å². The molecule has 1 aromatic carbocycles. The van der Waals surface area contributed by atoms with Gasteiger partial charge in [-0.25, -0.2) is 0 Å². The summed E-state index contributed by atoms with van der Waals surface area (Å²) >= 11 is 5.56. The van der Waals surface area contributed by atoms with Gasteiger partial charge in [0.15, 0.2) is 0 Å². The minimum absolute atomic E-state index is 0.423. The Bertz CT molecular complexity index is 328. The van der Waals surface area contributed by atoms with Crippen LogP contribution in [0.4, 0.5) is 0 Å². The van der Waals surface area contributed by atoms with E-state index in [1.54, 1.807) is 0 Å². The monoisotopic (exact) mass is 301 g/mol. The average molecular weight is 302 g/mol. The molecule has 1 N–H and O–H groups in total. The van der Waals surface area contributed by atoms with Crippen molar-refractivity contribution in [2.45, 2.75) is 38.1 Å². The first kappa shape index (κ1) is 14.1. The second-order valence-corrected chi connectivity index (χ2v) is 5.81. The molecule has 0 aliphatic rings. The van der Waals surface area contributed by atoms with Crippen molar-refractivity contribution in [1.29, 1.82) is 0 Å². The summed E-state index contributed by atoms with van der Waals surface area (Å²) in [7, 11) is 0. The molecule has 0 aromatic heterocycles. The predicted molar refractivity (Wildman–Crippen MR) is 77.2 cm³/mol. The minimum atomic E-state index is 0.423. The maximum atomic E-state index is 3.65. The zero-order valence-electron chi connectivity index (χ0n) is 10.2. The molecular weight excluding hydrogens is 282 g/mol. The van der Waals surface area contributed by atoms with E-state index in [1.165, 1.54) is 27.1 Å². The molecule has 16 heavy (non-hydrogen) atoms. The number of thioether (sulfide) groups is 1. The lowest BCUT2D eigenvalue weighted by Gasteiger charge is -2.14. The molecule has 0 spiro atoms. The summed E-state index contributed by atoms with van der Waals surface area (Å²) in [5.41, 5.74) is 1.34. The Morgan fingerprint density at radius 1 is 1.38 bits per heavy atom. The van der Waals surface area contributed by atoms with E-state index in [0.717, 1.165) is 6.54 Å². The van der Waals surface area contributed by atoms with E-state index >= 15 is 0 Å². The van der Waals surface area contributed by atoms with Crippen LogP contribution in [0.1, 0.15) is 38.8 Å². The molecule has 1 atom stereocenters. The van der Waals surface area contributed by atoms with Crippen molar-refractivity contribution >= 4 is 27.7 Å². The summed E-state index contributed by atoms with van der Waals surface area (Å²) in [6, 6.07) is 7.08. The van der Waals surface area contributed by atoms with Gasteiger partial charge in [-0.15, -0.1) is 11.8 Å². The van der Waals surface area contributed by atoms with Gasteiger partial charge in [-0.05, 0) is 59.3 Å². The first-order valence-corrected chi connectivity index (χ1v) is 7.62. The molecule has 3 heteroatoms. The zero-order valence-corrected chi connectivity index (χ0v) is 12.6. The second kappa shape index (κ2) is 7.36. The summed E-state index contributed by atoms with van der Waals surface area (Å²) in [6.07, 6.45) is 1.21. The van der Waals surface area contributed by atoms with Crippen molar-refractivity contribution in [3.05, 3.63) is 28.2 Å². The summed E-state index contributed by atoms with van der Waals surface area (Å²) < 4.78 is 1.22. The zero-order chi connectivity index (χ0) is 12.0. The Labute approximate surface area is 112 Å². The first-order chi connectivity index (χ1) is 7.69. The number of rotatable bonds is 6. The van der Waals surface area contributed by atoms with Gasteiger partial charge in [-0.3, -0.25) is 0 Å². The molecule has 0 amide bonds. The Kier molecular flexibility index (Phi) is 6.47. The van der Waals surface area contributed by atoms with E-state index < -0.39 is 0 Å². The molecule has 0 radical (unpaired) electrons. The smallest absolute Gasteiger partial charge is 0.0314 e. The quantitative estimate of drug-likeness (QED) is 0.769. The standard InChI is InChI=1S/C13H20BrNS/c1-4-8-16-13-7-6-11(9-12(13)14)10(3)15-5-2/h6-7,9-10,15H,4-5,8H2,1-3H3. The van der Waals surface area contributed by atoms with E-state index in [2.05, 4.69) is 60.2 Å². The number of benzene rings is 1. The maximum absolute atomic E-state index is 3.65. The Morgan fingerprint density at radius 3 is 2.69 bits per heavy atom. The van der Waals surface area contributed by atoms with Gasteiger partial charge in [0.2, 0.25) is 0 Å². The molecule has 0 aliphatic heterocycles. The second-order valence-electron chi connectivity index (χ2n) is 3.82. The van der Waals surface area contributed by atoms with Crippen LogP contribution < -0.4 is 5.32 Å². The fourth-order valence-corrected chi connectivity index (χ4v) is 3.06. The maximum Gasteiger partial charge on any atom is 0.0314 e. The highest BCUT2D eigenvalue weighted by Crippen LogP contribution is 2.30. The number of nitrogens with one attached hydrogen (secondary N) is 1. The van der Waals surface area contributed by atoms with Crippen LogP contribution >= 0.6 is 27.7 Å². The van der Waals surface area contributed by atoms with Crippen molar-refractivity contribution in [1.82, 2.24) is 5.32 Å². The van der Waals surface area contributed by atoms with Crippen LogP contribution in [0.2, 0.25) is 0 Å².